The summed E-state index contributed by atoms with van der Waals surface area (Å²) in [7, 11) is -2.03. The van der Waals surface area contributed by atoms with Gasteiger partial charge in [0.15, 0.2) is 0 Å². The number of esters is 1. The van der Waals surface area contributed by atoms with Crippen LogP contribution in [0, 0.1) is 0 Å². The van der Waals surface area contributed by atoms with E-state index in [0.29, 0.717) is 36.9 Å². The lowest BCUT2D eigenvalue weighted by Crippen LogP contribution is -2.17. The summed E-state index contributed by atoms with van der Waals surface area (Å²) in [4.78, 5) is 12.1. The fraction of sp³-hybridized carbons (Fsp3) is 0.588. The minimum Gasteiger partial charge on any atom is -0.462 e. The summed E-state index contributed by atoms with van der Waals surface area (Å²) in [5.74, 6) is -0.380. The highest BCUT2D eigenvalue weighted by Gasteiger charge is 2.16. The van der Waals surface area contributed by atoms with E-state index >= 15 is 0 Å². The van der Waals surface area contributed by atoms with Crippen molar-refractivity contribution in [1.29, 1.82) is 0 Å². The molecule has 0 amide bonds. The van der Waals surface area contributed by atoms with Gasteiger partial charge in [-0.25, -0.2) is 4.79 Å². The highest BCUT2D eigenvalue weighted by molar-refractivity contribution is 7.53. The molecule has 1 aromatic rings. The van der Waals surface area contributed by atoms with Crippen LogP contribution < -0.4 is 5.30 Å². The van der Waals surface area contributed by atoms with Crippen LogP contribution in [0.4, 0.5) is 0 Å². The summed E-state index contributed by atoms with van der Waals surface area (Å²) in [6, 6.07) is 7.01. The Kier molecular flexibility index (Phi) is 9.85. The molecular formula is C17H27O4P. The topological polar surface area (TPSA) is 52.6 Å². The highest BCUT2D eigenvalue weighted by Crippen LogP contribution is 2.22. The zero-order valence-corrected chi connectivity index (χ0v) is 14.6. The largest absolute Gasteiger partial charge is 0.462 e. The van der Waals surface area contributed by atoms with E-state index in [1.807, 2.05) is 6.92 Å². The van der Waals surface area contributed by atoms with E-state index in [4.69, 9.17) is 9.47 Å². The van der Waals surface area contributed by atoms with Crippen molar-refractivity contribution in [3.63, 3.8) is 0 Å². The van der Waals surface area contributed by atoms with Crippen molar-refractivity contribution in [2.75, 3.05) is 26.0 Å². The first kappa shape index (κ1) is 18.9. The van der Waals surface area contributed by atoms with E-state index in [0.717, 1.165) is 25.7 Å². The van der Waals surface area contributed by atoms with Crippen molar-refractivity contribution in [3.05, 3.63) is 29.8 Å². The minimum atomic E-state index is -2.03. The molecule has 0 heterocycles. The molecule has 0 N–H and O–H groups in total. The smallest absolute Gasteiger partial charge is 0.338 e. The molecular weight excluding hydrogens is 299 g/mol. The van der Waals surface area contributed by atoms with Crippen molar-refractivity contribution in [1.82, 2.24) is 0 Å². The number of hydrogen-bond donors (Lipinski definition) is 0. The predicted octanol–water partition coefficient (Wildman–Crippen LogP) is 3.65. The van der Waals surface area contributed by atoms with Gasteiger partial charge < -0.3 is 14.0 Å². The zero-order valence-electron chi connectivity index (χ0n) is 13.6. The van der Waals surface area contributed by atoms with Gasteiger partial charge in [0, 0.05) is 18.1 Å². The first-order chi connectivity index (χ1) is 10.7. The fourth-order valence-electron chi connectivity index (χ4n) is 1.94. The third-order valence-electron chi connectivity index (χ3n) is 3.29. The summed E-state index contributed by atoms with van der Waals surface area (Å²) in [6.45, 7) is 5.72. The Morgan fingerprint density at radius 3 is 2.45 bits per heavy atom. The lowest BCUT2D eigenvalue weighted by Gasteiger charge is -2.10. The van der Waals surface area contributed by atoms with E-state index < -0.39 is 7.80 Å². The van der Waals surface area contributed by atoms with E-state index in [2.05, 4.69) is 6.92 Å². The maximum atomic E-state index is 12.4. The third kappa shape index (κ3) is 6.76. The molecule has 0 aliphatic carbocycles. The molecule has 0 fully saturated rings. The van der Waals surface area contributed by atoms with Gasteiger partial charge in [0.05, 0.1) is 18.8 Å². The molecule has 0 aliphatic heterocycles. The van der Waals surface area contributed by atoms with Crippen LogP contribution in [0.1, 0.15) is 49.9 Å². The zero-order chi connectivity index (χ0) is 16.2. The van der Waals surface area contributed by atoms with E-state index in [9.17, 15) is 9.36 Å². The van der Waals surface area contributed by atoms with Gasteiger partial charge in [0.25, 0.3) is 0 Å². The average molecular weight is 326 g/mol. The number of benzene rings is 1. The molecule has 0 aromatic heterocycles. The maximum Gasteiger partial charge on any atom is 0.338 e. The van der Waals surface area contributed by atoms with Crippen LogP contribution in [-0.2, 0) is 14.0 Å². The Hall–Kier alpha value is -1.12. The normalized spacial score (nSPS) is 12.1. The standard InChI is InChI=1S/C17H27O4P/c1-3-5-11-20-13-14-22(19)16-10-8-7-9-15(16)17(18)21-12-6-4-2/h7-10,22H,3-6,11-14H2,1-2H3. The molecule has 0 spiro atoms. The molecule has 0 saturated carbocycles. The van der Waals surface area contributed by atoms with Crippen molar-refractivity contribution in [2.24, 2.45) is 0 Å². The molecule has 1 rings (SSSR count). The Morgan fingerprint density at radius 2 is 1.73 bits per heavy atom. The average Bonchev–Trinajstić information content (AvgIpc) is 2.54. The molecule has 0 aliphatic rings. The van der Waals surface area contributed by atoms with Crippen LogP contribution in [0.5, 0.6) is 0 Å². The fourth-order valence-corrected chi connectivity index (χ4v) is 3.31. The van der Waals surface area contributed by atoms with Gasteiger partial charge in [0.2, 0.25) is 0 Å². The van der Waals surface area contributed by atoms with Gasteiger partial charge in [-0.05, 0) is 18.9 Å². The summed E-state index contributed by atoms with van der Waals surface area (Å²) in [5.41, 5.74) is 0.427. The molecule has 1 unspecified atom stereocenters. The second kappa shape index (κ2) is 11.4. The van der Waals surface area contributed by atoms with E-state index in [1.54, 1.807) is 24.3 Å². The summed E-state index contributed by atoms with van der Waals surface area (Å²) >= 11 is 0. The molecule has 4 nitrogen and oxygen atoms in total. The third-order valence-corrected chi connectivity index (χ3v) is 4.99. The van der Waals surface area contributed by atoms with E-state index in [1.165, 1.54) is 0 Å². The minimum absolute atomic E-state index is 0.380. The number of ether oxygens (including phenoxy) is 2. The summed E-state index contributed by atoms with van der Waals surface area (Å²) in [6.07, 6.45) is 4.38. The van der Waals surface area contributed by atoms with Gasteiger partial charge >= 0.3 is 5.97 Å². The SMILES string of the molecule is CCCCOCC[PH](=O)c1ccccc1C(=O)OCCCC. The van der Waals surface area contributed by atoms with Crippen LogP contribution >= 0.6 is 7.80 Å². The number of unbranched alkanes of at least 4 members (excludes halogenated alkanes) is 2. The molecule has 0 bridgehead atoms. The number of hydrogen-bond acceptors (Lipinski definition) is 4. The number of carbonyl (C=O) groups excluding carboxylic acids is 1. The summed E-state index contributed by atoms with van der Waals surface area (Å²) < 4.78 is 23.1. The second-order valence-electron chi connectivity index (χ2n) is 5.17. The molecule has 0 radical (unpaired) electrons. The molecule has 1 atom stereocenters. The highest BCUT2D eigenvalue weighted by atomic mass is 31.1. The van der Waals surface area contributed by atoms with E-state index in [-0.39, 0.29) is 5.97 Å². The molecule has 5 heteroatoms. The van der Waals surface area contributed by atoms with Crippen molar-refractivity contribution in [2.45, 2.75) is 39.5 Å². The molecule has 124 valence electrons. The van der Waals surface area contributed by atoms with Gasteiger partial charge in [-0.15, -0.1) is 0 Å². The predicted molar refractivity (Wildman–Crippen MR) is 90.9 cm³/mol. The summed E-state index contributed by atoms with van der Waals surface area (Å²) in [5, 5.41) is 0.605. The first-order valence-electron chi connectivity index (χ1n) is 8.07. The van der Waals surface area contributed by atoms with Crippen LogP contribution in [0.2, 0.25) is 0 Å². The molecule has 0 saturated heterocycles. The van der Waals surface area contributed by atoms with Crippen molar-refractivity contribution in [3.8, 4) is 0 Å². The van der Waals surface area contributed by atoms with Crippen LogP contribution in [0.25, 0.3) is 0 Å². The number of rotatable bonds is 11. The Bertz CT molecular complexity index is 473. The lowest BCUT2D eigenvalue weighted by molar-refractivity contribution is 0.0501. The van der Waals surface area contributed by atoms with Gasteiger partial charge in [-0.3, -0.25) is 0 Å². The van der Waals surface area contributed by atoms with Gasteiger partial charge in [0.1, 0.15) is 7.80 Å². The van der Waals surface area contributed by atoms with Gasteiger partial charge in [-0.1, -0.05) is 44.9 Å². The van der Waals surface area contributed by atoms with Gasteiger partial charge in [-0.2, -0.15) is 0 Å². The Morgan fingerprint density at radius 1 is 1.05 bits per heavy atom. The van der Waals surface area contributed by atoms with Crippen molar-refractivity contribution < 1.29 is 18.8 Å². The lowest BCUT2D eigenvalue weighted by atomic mass is 10.2. The number of carbonyl (C=O) groups is 1. The van der Waals surface area contributed by atoms with Crippen LogP contribution in [0.3, 0.4) is 0 Å². The molecule has 1 aromatic carbocycles. The monoisotopic (exact) mass is 326 g/mol. The molecule has 22 heavy (non-hydrogen) atoms. The Labute approximate surface area is 134 Å². The maximum absolute atomic E-state index is 12.4. The second-order valence-corrected chi connectivity index (χ2v) is 7.06. The van der Waals surface area contributed by atoms with Crippen molar-refractivity contribution >= 4 is 19.1 Å². The Balaban J connectivity index is 2.58. The quantitative estimate of drug-likeness (QED) is 0.354. The first-order valence-corrected chi connectivity index (χ1v) is 9.69. The van der Waals surface area contributed by atoms with Crippen LogP contribution in [0.15, 0.2) is 24.3 Å². The van der Waals surface area contributed by atoms with Crippen LogP contribution in [-0.4, -0.2) is 32.0 Å².